The van der Waals surface area contributed by atoms with Crippen molar-refractivity contribution in [3.05, 3.63) is 33.8 Å². The molecule has 0 radical (unpaired) electrons. The number of hydrogen-bond donors (Lipinski definition) is 1. The Kier molecular flexibility index (Phi) is 6.48. The zero-order valence-corrected chi connectivity index (χ0v) is 13.1. The third-order valence-electron chi connectivity index (χ3n) is 3.14. The van der Waals surface area contributed by atoms with Gasteiger partial charge in [-0.1, -0.05) is 37.0 Å². The first-order chi connectivity index (χ1) is 8.40. The molecule has 0 aliphatic rings. The molecule has 1 N–H and O–H groups in total. The van der Waals surface area contributed by atoms with Crippen LogP contribution in [0.15, 0.2) is 18.2 Å². The van der Waals surface area contributed by atoms with Crippen molar-refractivity contribution in [2.75, 3.05) is 0 Å². The average Bonchev–Trinajstić information content (AvgIpc) is 2.29. The molecule has 0 aliphatic heterocycles. The first kappa shape index (κ1) is 15.8. The van der Waals surface area contributed by atoms with Crippen LogP contribution < -0.4 is 5.32 Å². The highest BCUT2D eigenvalue weighted by atomic mass is 35.5. The molecule has 2 atom stereocenters. The average molecular weight is 288 g/mol. The molecule has 0 heterocycles. The van der Waals surface area contributed by atoms with E-state index < -0.39 is 0 Å². The molecular formula is C15H23Cl2N. The molecule has 1 aromatic carbocycles. The summed E-state index contributed by atoms with van der Waals surface area (Å²) < 4.78 is 0. The number of rotatable bonds is 6. The van der Waals surface area contributed by atoms with E-state index in [2.05, 4.69) is 33.0 Å². The summed E-state index contributed by atoms with van der Waals surface area (Å²) in [6.07, 6.45) is 2.42. The lowest BCUT2D eigenvalue weighted by atomic mass is 10.0. The Morgan fingerprint density at radius 2 is 1.72 bits per heavy atom. The molecule has 0 saturated heterocycles. The highest BCUT2D eigenvalue weighted by molar-refractivity contribution is 6.33. The molecule has 102 valence electrons. The van der Waals surface area contributed by atoms with Crippen LogP contribution in [0.4, 0.5) is 0 Å². The summed E-state index contributed by atoms with van der Waals surface area (Å²) >= 11 is 12.2. The van der Waals surface area contributed by atoms with E-state index >= 15 is 0 Å². The van der Waals surface area contributed by atoms with E-state index in [-0.39, 0.29) is 6.04 Å². The Balaban J connectivity index is 2.58. The van der Waals surface area contributed by atoms with Crippen LogP contribution in [-0.4, -0.2) is 6.04 Å². The predicted octanol–water partition coefficient (Wildman–Crippen LogP) is 5.47. The zero-order chi connectivity index (χ0) is 13.7. The van der Waals surface area contributed by atoms with Gasteiger partial charge in [-0.2, -0.15) is 0 Å². The van der Waals surface area contributed by atoms with E-state index in [0.29, 0.717) is 6.04 Å². The van der Waals surface area contributed by atoms with Gasteiger partial charge in [-0.3, -0.25) is 0 Å². The summed E-state index contributed by atoms with van der Waals surface area (Å²) in [5.41, 5.74) is 1.07. The van der Waals surface area contributed by atoms with Gasteiger partial charge in [0.05, 0.1) is 0 Å². The Hall–Kier alpha value is -0.240. The fraction of sp³-hybridized carbons (Fsp3) is 0.600. The third kappa shape index (κ3) is 5.17. The van der Waals surface area contributed by atoms with Gasteiger partial charge in [0.15, 0.2) is 0 Å². The lowest BCUT2D eigenvalue weighted by molar-refractivity contribution is 0.417. The van der Waals surface area contributed by atoms with E-state index in [4.69, 9.17) is 23.2 Å². The van der Waals surface area contributed by atoms with Crippen molar-refractivity contribution >= 4 is 23.2 Å². The second-order valence-electron chi connectivity index (χ2n) is 5.43. The van der Waals surface area contributed by atoms with Gasteiger partial charge in [-0.05, 0) is 56.4 Å². The summed E-state index contributed by atoms with van der Waals surface area (Å²) in [6, 6.07) is 6.32. The van der Waals surface area contributed by atoms with Gasteiger partial charge in [-0.25, -0.2) is 0 Å². The van der Waals surface area contributed by atoms with Gasteiger partial charge in [0.25, 0.3) is 0 Å². The van der Waals surface area contributed by atoms with Gasteiger partial charge in [0.2, 0.25) is 0 Å². The standard InChI is InChI=1S/C15H23Cl2N/c1-10(2)5-6-11(3)18-12(4)14-9-13(16)7-8-15(14)17/h7-12,18H,5-6H2,1-4H3. The maximum atomic E-state index is 6.20. The van der Waals surface area contributed by atoms with Crippen LogP contribution in [0.1, 0.15) is 52.1 Å². The van der Waals surface area contributed by atoms with Crippen molar-refractivity contribution in [1.29, 1.82) is 0 Å². The second kappa shape index (κ2) is 7.37. The van der Waals surface area contributed by atoms with Crippen molar-refractivity contribution < 1.29 is 0 Å². The van der Waals surface area contributed by atoms with Crippen LogP contribution in [-0.2, 0) is 0 Å². The molecule has 2 unspecified atom stereocenters. The zero-order valence-electron chi connectivity index (χ0n) is 11.6. The van der Waals surface area contributed by atoms with E-state index in [1.807, 2.05) is 18.2 Å². The van der Waals surface area contributed by atoms with Crippen molar-refractivity contribution in [3.63, 3.8) is 0 Å². The molecule has 0 fully saturated rings. The Morgan fingerprint density at radius 3 is 2.33 bits per heavy atom. The van der Waals surface area contributed by atoms with Gasteiger partial charge >= 0.3 is 0 Å². The van der Waals surface area contributed by atoms with Crippen molar-refractivity contribution in [3.8, 4) is 0 Å². The van der Waals surface area contributed by atoms with Gasteiger partial charge in [0, 0.05) is 22.1 Å². The van der Waals surface area contributed by atoms with Gasteiger partial charge in [0.1, 0.15) is 0 Å². The fourth-order valence-corrected chi connectivity index (χ4v) is 2.49. The van der Waals surface area contributed by atoms with Crippen LogP contribution >= 0.6 is 23.2 Å². The summed E-state index contributed by atoms with van der Waals surface area (Å²) in [4.78, 5) is 0. The minimum atomic E-state index is 0.221. The normalized spacial score (nSPS) is 14.8. The molecule has 1 aromatic rings. The Labute approximate surface area is 121 Å². The number of halogens is 2. The maximum Gasteiger partial charge on any atom is 0.0454 e. The van der Waals surface area contributed by atoms with Crippen molar-refractivity contribution in [2.45, 2.75) is 52.6 Å². The fourth-order valence-electron chi connectivity index (χ4n) is 2.03. The summed E-state index contributed by atoms with van der Waals surface area (Å²) in [7, 11) is 0. The van der Waals surface area contributed by atoms with Gasteiger partial charge < -0.3 is 5.32 Å². The summed E-state index contributed by atoms with van der Waals surface area (Å²) in [5, 5.41) is 5.08. The predicted molar refractivity (Wildman–Crippen MR) is 81.5 cm³/mol. The minimum absolute atomic E-state index is 0.221. The second-order valence-corrected chi connectivity index (χ2v) is 6.27. The van der Waals surface area contributed by atoms with Crippen LogP contribution in [0.3, 0.4) is 0 Å². The van der Waals surface area contributed by atoms with Crippen LogP contribution in [0.25, 0.3) is 0 Å². The molecule has 0 amide bonds. The molecule has 0 spiro atoms. The molecule has 0 aliphatic carbocycles. The van der Waals surface area contributed by atoms with Crippen LogP contribution in [0, 0.1) is 5.92 Å². The van der Waals surface area contributed by atoms with Crippen LogP contribution in [0.2, 0.25) is 10.0 Å². The van der Waals surface area contributed by atoms with E-state index in [1.165, 1.54) is 12.8 Å². The smallest absolute Gasteiger partial charge is 0.0454 e. The molecular weight excluding hydrogens is 265 g/mol. The van der Waals surface area contributed by atoms with Crippen LogP contribution in [0.5, 0.6) is 0 Å². The van der Waals surface area contributed by atoms with E-state index in [9.17, 15) is 0 Å². The quantitative estimate of drug-likeness (QED) is 0.732. The molecule has 1 nitrogen and oxygen atoms in total. The molecule has 0 bridgehead atoms. The van der Waals surface area contributed by atoms with Crippen molar-refractivity contribution in [2.24, 2.45) is 5.92 Å². The first-order valence-electron chi connectivity index (χ1n) is 6.61. The van der Waals surface area contributed by atoms with Gasteiger partial charge in [-0.15, -0.1) is 0 Å². The number of hydrogen-bond acceptors (Lipinski definition) is 1. The highest BCUT2D eigenvalue weighted by Crippen LogP contribution is 2.26. The Morgan fingerprint density at radius 1 is 1.06 bits per heavy atom. The monoisotopic (exact) mass is 287 g/mol. The largest absolute Gasteiger partial charge is 0.308 e. The maximum absolute atomic E-state index is 6.20. The Bertz CT molecular complexity index is 377. The van der Waals surface area contributed by atoms with Crippen molar-refractivity contribution in [1.82, 2.24) is 5.32 Å². The SMILES string of the molecule is CC(C)CCC(C)NC(C)c1cc(Cl)ccc1Cl. The number of nitrogens with one attached hydrogen (secondary N) is 1. The minimum Gasteiger partial charge on any atom is -0.308 e. The highest BCUT2D eigenvalue weighted by Gasteiger charge is 2.13. The third-order valence-corrected chi connectivity index (χ3v) is 3.72. The molecule has 0 saturated carbocycles. The first-order valence-corrected chi connectivity index (χ1v) is 7.36. The molecule has 0 aromatic heterocycles. The topological polar surface area (TPSA) is 12.0 Å². The summed E-state index contributed by atoms with van der Waals surface area (Å²) in [6.45, 7) is 8.86. The lowest BCUT2D eigenvalue weighted by Crippen LogP contribution is -2.29. The molecule has 3 heteroatoms. The summed E-state index contributed by atoms with van der Waals surface area (Å²) in [5.74, 6) is 0.749. The van der Waals surface area contributed by atoms with E-state index in [1.54, 1.807) is 0 Å². The molecule has 18 heavy (non-hydrogen) atoms. The molecule has 1 rings (SSSR count). The number of benzene rings is 1. The van der Waals surface area contributed by atoms with E-state index in [0.717, 1.165) is 21.5 Å². The lowest BCUT2D eigenvalue weighted by Gasteiger charge is -2.22.